The first kappa shape index (κ1) is 13.5. The number of rotatable bonds is 4. The molecule has 98 valence electrons. The fourth-order valence-corrected chi connectivity index (χ4v) is 1.64. The van der Waals surface area contributed by atoms with Gasteiger partial charge >= 0.3 is 5.97 Å². The topological polar surface area (TPSA) is 88.0 Å². The van der Waals surface area contributed by atoms with Crippen molar-refractivity contribution < 1.29 is 9.90 Å². The summed E-state index contributed by atoms with van der Waals surface area (Å²) in [5.74, 6) is -1.06. The largest absolute Gasteiger partial charge is 0.477 e. The van der Waals surface area contributed by atoms with E-state index < -0.39 is 5.97 Å². The number of hydrogen-bond acceptors (Lipinski definition) is 5. The summed E-state index contributed by atoms with van der Waals surface area (Å²) in [5, 5.41) is 19.4. The molecule has 0 aliphatic carbocycles. The van der Waals surface area contributed by atoms with Gasteiger partial charge in [-0.05, 0) is 11.6 Å². The van der Waals surface area contributed by atoms with Crippen LogP contribution in [0.25, 0.3) is 0 Å². The van der Waals surface area contributed by atoms with Gasteiger partial charge in [-0.1, -0.05) is 29.3 Å². The smallest absolute Gasteiger partial charge is 0.354 e. The summed E-state index contributed by atoms with van der Waals surface area (Å²) in [6.07, 6.45) is 1.47. The average Bonchev–Trinajstić information content (AvgIpc) is 2.40. The molecule has 2 rings (SSSR count). The molecule has 0 bridgehead atoms. The SMILES string of the molecule is O=C(O)c1ccc(CNc2cc(Cl)nnc2Cl)cn1. The number of pyridine rings is 1. The summed E-state index contributed by atoms with van der Waals surface area (Å²) >= 11 is 11.5. The van der Waals surface area contributed by atoms with Gasteiger partial charge in [0, 0.05) is 18.8 Å². The standard InChI is InChI=1S/C11H8Cl2N4O2/c12-9-3-8(10(13)17-16-9)15-5-6-1-2-7(11(18)19)14-4-6/h1-4H,5H2,(H,15,16)(H,18,19). The predicted octanol–water partition coefficient (Wildman–Crippen LogP) is 2.49. The van der Waals surface area contributed by atoms with Gasteiger partial charge in [-0.2, -0.15) is 0 Å². The molecule has 6 nitrogen and oxygen atoms in total. The van der Waals surface area contributed by atoms with Gasteiger partial charge in [-0.3, -0.25) is 0 Å². The van der Waals surface area contributed by atoms with Crippen LogP contribution in [0.4, 0.5) is 5.69 Å². The Kier molecular flexibility index (Phi) is 4.13. The number of carboxylic acid groups (broad SMARTS) is 1. The quantitative estimate of drug-likeness (QED) is 0.901. The first-order valence-electron chi connectivity index (χ1n) is 5.17. The van der Waals surface area contributed by atoms with Crippen molar-refractivity contribution in [3.63, 3.8) is 0 Å². The van der Waals surface area contributed by atoms with Crippen LogP contribution in [-0.2, 0) is 6.54 Å². The summed E-state index contributed by atoms with van der Waals surface area (Å²) in [4.78, 5) is 14.5. The van der Waals surface area contributed by atoms with Gasteiger partial charge in [0.2, 0.25) is 0 Å². The third-order valence-corrected chi connectivity index (χ3v) is 2.71. The minimum absolute atomic E-state index is 0.00425. The van der Waals surface area contributed by atoms with E-state index in [0.717, 1.165) is 5.56 Å². The Morgan fingerprint density at radius 1 is 1.32 bits per heavy atom. The Hall–Kier alpha value is -1.92. The van der Waals surface area contributed by atoms with Crippen LogP contribution in [0.15, 0.2) is 24.4 Å². The van der Waals surface area contributed by atoms with Gasteiger partial charge < -0.3 is 10.4 Å². The number of aromatic nitrogens is 3. The molecule has 19 heavy (non-hydrogen) atoms. The Morgan fingerprint density at radius 2 is 2.11 bits per heavy atom. The number of nitrogens with zero attached hydrogens (tertiary/aromatic N) is 3. The van der Waals surface area contributed by atoms with Gasteiger partial charge in [0.15, 0.2) is 10.3 Å². The zero-order valence-corrected chi connectivity index (χ0v) is 11.0. The maximum Gasteiger partial charge on any atom is 0.354 e. The van der Waals surface area contributed by atoms with E-state index in [-0.39, 0.29) is 16.0 Å². The summed E-state index contributed by atoms with van der Waals surface area (Å²) in [5.41, 5.74) is 1.34. The highest BCUT2D eigenvalue weighted by Crippen LogP contribution is 2.21. The van der Waals surface area contributed by atoms with Crippen molar-refractivity contribution in [2.75, 3.05) is 5.32 Å². The number of aromatic carboxylic acids is 1. The Balaban J connectivity index is 2.06. The molecular weight excluding hydrogens is 291 g/mol. The third-order valence-electron chi connectivity index (χ3n) is 2.25. The van der Waals surface area contributed by atoms with Crippen molar-refractivity contribution >= 4 is 34.9 Å². The lowest BCUT2D eigenvalue weighted by molar-refractivity contribution is 0.0690. The number of nitrogens with one attached hydrogen (secondary N) is 1. The van der Waals surface area contributed by atoms with Gasteiger partial charge in [-0.15, -0.1) is 10.2 Å². The van der Waals surface area contributed by atoms with Crippen molar-refractivity contribution in [3.8, 4) is 0 Å². The molecule has 0 unspecified atom stereocenters. The van der Waals surface area contributed by atoms with Crippen LogP contribution >= 0.6 is 23.2 Å². The van der Waals surface area contributed by atoms with E-state index in [4.69, 9.17) is 28.3 Å². The van der Waals surface area contributed by atoms with E-state index in [1.807, 2.05) is 0 Å². The van der Waals surface area contributed by atoms with Crippen molar-refractivity contribution in [3.05, 3.63) is 46.0 Å². The van der Waals surface area contributed by atoms with Crippen molar-refractivity contribution in [1.82, 2.24) is 15.2 Å². The second kappa shape index (κ2) is 5.81. The molecule has 0 fully saturated rings. The number of anilines is 1. The molecule has 0 spiro atoms. The van der Waals surface area contributed by atoms with Crippen LogP contribution < -0.4 is 5.32 Å². The Morgan fingerprint density at radius 3 is 2.74 bits per heavy atom. The molecule has 2 heterocycles. The minimum atomic E-state index is -1.06. The number of carboxylic acids is 1. The van der Waals surface area contributed by atoms with Crippen LogP contribution in [-0.4, -0.2) is 26.3 Å². The molecule has 0 saturated heterocycles. The zero-order valence-electron chi connectivity index (χ0n) is 9.47. The minimum Gasteiger partial charge on any atom is -0.477 e. The molecule has 0 aliphatic rings. The fraction of sp³-hybridized carbons (Fsp3) is 0.0909. The maximum absolute atomic E-state index is 10.6. The van der Waals surface area contributed by atoms with Crippen LogP contribution in [0, 0.1) is 0 Å². The van der Waals surface area contributed by atoms with E-state index in [0.29, 0.717) is 12.2 Å². The fourth-order valence-electron chi connectivity index (χ4n) is 1.33. The van der Waals surface area contributed by atoms with Crippen molar-refractivity contribution in [1.29, 1.82) is 0 Å². The summed E-state index contributed by atoms with van der Waals surface area (Å²) in [7, 11) is 0. The first-order valence-corrected chi connectivity index (χ1v) is 5.92. The van der Waals surface area contributed by atoms with E-state index in [1.54, 1.807) is 12.1 Å². The lowest BCUT2D eigenvalue weighted by Crippen LogP contribution is -2.04. The first-order chi connectivity index (χ1) is 9.06. The Bertz CT molecular complexity index is 604. The molecular formula is C11H8Cl2N4O2. The van der Waals surface area contributed by atoms with E-state index >= 15 is 0 Å². The molecule has 2 N–H and O–H groups in total. The van der Waals surface area contributed by atoms with E-state index in [9.17, 15) is 4.79 Å². The van der Waals surface area contributed by atoms with Crippen LogP contribution in [0.1, 0.15) is 16.1 Å². The highest BCUT2D eigenvalue weighted by Gasteiger charge is 2.06. The lowest BCUT2D eigenvalue weighted by Gasteiger charge is -2.07. The second-order valence-corrected chi connectivity index (χ2v) is 4.33. The maximum atomic E-state index is 10.6. The van der Waals surface area contributed by atoms with Crippen LogP contribution in [0.2, 0.25) is 10.3 Å². The number of carbonyl (C=O) groups is 1. The predicted molar refractivity (Wildman–Crippen MR) is 70.6 cm³/mol. The van der Waals surface area contributed by atoms with Gasteiger partial charge in [0.25, 0.3) is 0 Å². The second-order valence-electron chi connectivity index (χ2n) is 3.58. The normalized spacial score (nSPS) is 10.2. The van der Waals surface area contributed by atoms with Gasteiger partial charge in [-0.25, -0.2) is 9.78 Å². The third kappa shape index (κ3) is 3.52. The average molecular weight is 299 g/mol. The van der Waals surface area contributed by atoms with Crippen molar-refractivity contribution in [2.45, 2.75) is 6.54 Å². The molecule has 0 atom stereocenters. The van der Waals surface area contributed by atoms with E-state index in [1.165, 1.54) is 12.3 Å². The molecule has 0 saturated carbocycles. The zero-order chi connectivity index (χ0) is 13.8. The van der Waals surface area contributed by atoms with Gasteiger partial charge in [0.05, 0.1) is 5.69 Å². The summed E-state index contributed by atoms with van der Waals surface area (Å²) < 4.78 is 0. The van der Waals surface area contributed by atoms with Gasteiger partial charge in [0.1, 0.15) is 5.69 Å². The molecule has 0 aliphatic heterocycles. The molecule has 2 aromatic heterocycles. The Labute approximate surface area is 118 Å². The summed E-state index contributed by atoms with van der Waals surface area (Å²) in [6, 6.07) is 4.64. The van der Waals surface area contributed by atoms with Crippen LogP contribution in [0.3, 0.4) is 0 Å². The molecule has 8 heteroatoms. The molecule has 2 aromatic rings. The van der Waals surface area contributed by atoms with E-state index in [2.05, 4.69) is 20.5 Å². The molecule has 0 amide bonds. The molecule has 0 radical (unpaired) electrons. The summed E-state index contributed by atoms with van der Waals surface area (Å²) in [6.45, 7) is 0.411. The van der Waals surface area contributed by atoms with Crippen LogP contribution in [0.5, 0.6) is 0 Å². The number of halogens is 2. The highest BCUT2D eigenvalue weighted by atomic mass is 35.5. The molecule has 0 aromatic carbocycles. The number of hydrogen-bond donors (Lipinski definition) is 2. The lowest BCUT2D eigenvalue weighted by atomic mass is 10.2. The van der Waals surface area contributed by atoms with Crippen molar-refractivity contribution in [2.24, 2.45) is 0 Å². The monoisotopic (exact) mass is 298 g/mol. The highest BCUT2D eigenvalue weighted by molar-refractivity contribution is 6.33.